The fourth-order valence-corrected chi connectivity index (χ4v) is 1.61. The van der Waals surface area contributed by atoms with Crippen LogP contribution in [0.2, 0.25) is 0 Å². The lowest BCUT2D eigenvalue weighted by Gasteiger charge is -2.07. The monoisotopic (exact) mass is 269 g/mol. The van der Waals surface area contributed by atoms with Gasteiger partial charge in [-0.3, -0.25) is 4.79 Å². The Bertz CT molecular complexity index is 588. The predicted octanol–water partition coefficient (Wildman–Crippen LogP) is 3.21. The molecule has 2 N–H and O–H groups in total. The molecule has 0 spiro atoms. The molecule has 0 saturated carbocycles. The standard InChI is InChI=1S/C16H15NO3/c1-2-11-20-15-9-3-12(4-10-15)16(19)17-13-5-7-14(18)8-6-13/h2-10,18H,1,11H2,(H,17,19). The van der Waals surface area contributed by atoms with Crippen molar-refractivity contribution in [3.05, 3.63) is 66.7 Å². The minimum atomic E-state index is -0.217. The SMILES string of the molecule is C=CCOc1ccc(C(=O)Nc2ccc(O)cc2)cc1. The number of phenolic OH excluding ortho intramolecular Hbond substituents is 1. The van der Waals surface area contributed by atoms with Crippen molar-refractivity contribution in [1.29, 1.82) is 0 Å². The summed E-state index contributed by atoms with van der Waals surface area (Å²) in [7, 11) is 0. The molecular formula is C16H15NO3. The van der Waals surface area contributed by atoms with E-state index in [2.05, 4.69) is 11.9 Å². The third kappa shape index (κ3) is 3.62. The molecule has 4 heteroatoms. The molecule has 0 unspecified atom stereocenters. The van der Waals surface area contributed by atoms with Crippen LogP contribution in [0.15, 0.2) is 61.2 Å². The Hall–Kier alpha value is -2.75. The van der Waals surface area contributed by atoms with Crippen LogP contribution in [-0.2, 0) is 0 Å². The number of hydrogen-bond donors (Lipinski definition) is 2. The molecule has 0 saturated heterocycles. The van der Waals surface area contributed by atoms with Gasteiger partial charge in [0.05, 0.1) is 0 Å². The molecule has 20 heavy (non-hydrogen) atoms. The molecule has 1 amide bonds. The van der Waals surface area contributed by atoms with Crippen molar-refractivity contribution in [3.63, 3.8) is 0 Å². The number of rotatable bonds is 5. The second-order valence-corrected chi connectivity index (χ2v) is 4.13. The third-order valence-electron chi connectivity index (χ3n) is 2.61. The van der Waals surface area contributed by atoms with Gasteiger partial charge in [0.15, 0.2) is 0 Å². The van der Waals surface area contributed by atoms with Crippen molar-refractivity contribution in [2.45, 2.75) is 0 Å². The maximum atomic E-state index is 12.0. The molecule has 0 bridgehead atoms. The fourth-order valence-electron chi connectivity index (χ4n) is 1.61. The lowest BCUT2D eigenvalue weighted by Crippen LogP contribution is -2.11. The third-order valence-corrected chi connectivity index (χ3v) is 2.61. The Morgan fingerprint density at radius 3 is 2.40 bits per heavy atom. The molecule has 4 nitrogen and oxygen atoms in total. The summed E-state index contributed by atoms with van der Waals surface area (Å²) in [5.74, 6) is 0.628. The zero-order valence-corrected chi connectivity index (χ0v) is 10.9. The van der Waals surface area contributed by atoms with Gasteiger partial charge in [0.2, 0.25) is 0 Å². The number of benzene rings is 2. The van der Waals surface area contributed by atoms with E-state index in [1.807, 2.05) is 0 Å². The molecular weight excluding hydrogens is 254 g/mol. The van der Waals surface area contributed by atoms with Crippen LogP contribution in [0.3, 0.4) is 0 Å². The number of nitrogens with one attached hydrogen (secondary N) is 1. The molecule has 102 valence electrons. The first-order valence-corrected chi connectivity index (χ1v) is 6.13. The topological polar surface area (TPSA) is 58.6 Å². The van der Waals surface area contributed by atoms with Crippen LogP contribution in [-0.4, -0.2) is 17.6 Å². The zero-order valence-electron chi connectivity index (χ0n) is 10.9. The molecule has 0 fully saturated rings. The fraction of sp³-hybridized carbons (Fsp3) is 0.0625. The van der Waals surface area contributed by atoms with Gasteiger partial charge >= 0.3 is 0 Å². The van der Waals surface area contributed by atoms with Gasteiger partial charge in [0, 0.05) is 11.3 Å². The van der Waals surface area contributed by atoms with E-state index in [0.717, 1.165) is 0 Å². The number of carbonyl (C=O) groups is 1. The Morgan fingerprint density at radius 1 is 1.15 bits per heavy atom. The molecule has 2 aromatic rings. The summed E-state index contributed by atoms with van der Waals surface area (Å²) < 4.78 is 5.34. The molecule has 0 aromatic heterocycles. The minimum absolute atomic E-state index is 0.159. The van der Waals surface area contributed by atoms with Crippen molar-refractivity contribution < 1.29 is 14.6 Å². The smallest absolute Gasteiger partial charge is 0.255 e. The van der Waals surface area contributed by atoms with E-state index < -0.39 is 0 Å². The number of amides is 1. The highest BCUT2D eigenvalue weighted by molar-refractivity contribution is 6.04. The highest BCUT2D eigenvalue weighted by Crippen LogP contribution is 2.16. The average Bonchev–Trinajstić information content (AvgIpc) is 2.48. The normalized spacial score (nSPS) is 9.80. The largest absolute Gasteiger partial charge is 0.508 e. The summed E-state index contributed by atoms with van der Waals surface area (Å²) >= 11 is 0. The molecule has 0 aliphatic carbocycles. The quantitative estimate of drug-likeness (QED) is 0.647. The molecule has 0 atom stereocenters. The van der Waals surface area contributed by atoms with E-state index in [4.69, 9.17) is 4.74 Å². The predicted molar refractivity (Wildman–Crippen MR) is 78.2 cm³/mol. The van der Waals surface area contributed by atoms with Crippen molar-refractivity contribution in [3.8, 4) is 11.5 Å². The van der Waals surface area contributed by atoms with Crippen LogP contribution in [0.5, 0.6) is 11.5 Å². The van der Waals surface area contributed by atoms with Gasteiger partial charge in [-0.05, 0) is 48.5 Å². The summed E-state index contributed by atoms with van der Waals surface area (Å²) in [6.07, 6.45) is 1.66. The van der Waals surface area contributed by atoms with Crippen LogP contribution in [0, 0.1) is 0 Å². The zero-order chi connectivity index (χ0) is 14.4. The number of ether oxygens (including phenoxy) is 1. The lowest BCUT2D eigenvalue weighted by atomic mass is 10.2. The van der Waals surface area contributed by atoms with Gasteiger partial charge in [0.1, 0.15) is 18.1 Å². The number of phenols is 1. The van der Waals surface area contributed by atoms with E-state index in [-0.39, 0.29) is 11.7 Å². The molecule has 0 aliphatic heterocycles. The Balaban J connectivity index is 2.01. The Labute approximate surface area is 117 Å². The van der Waals surface area contributed by atoms with E-state index in [1.165, 1.54) is 12.1 Å². The number of anilines is 1. The Kier molecular flexibility index (Phi) is 4.39. The first kappa shape index (κ1) is 13.7. The van der Waals surface area contributed by atoms with E-state index >= 15 is 0 Å². The molecule has 0 aliphatic rings. The highest BCUT2D eigenvalue weighted by Gasteiger charge is 2.06. The van der Waals surface area contributed by atoms with Gasteiger partial charge in [-0.1, -0.05) is 12.7 Å². The van der Waals surface area contributed by atoms with Crippen LogP contribution >= 0.6 is 0 Å². The lowest BCUT2D eigenvalue weighted by molar-refractivity contribution is 0.102. The van der Waals surface area contributed by atoms with Crippen molar-refractivity contribution in [2.75, 3.05) is 11.9 Å². The van der Waals surface area contributed by atoms with Crippen molar-refractivity contribution in [2.24, 2.45) is 0 Å². The van der Waals surface area contributed by atoms with E-state index in [9.17, 15) is 9.90 Å². The number of hydrogen-bond acceptors (Lipinski definition) is 3. The van der Waals surface area contributed by atoms with E-state index in [1.54, 1.807) is 42.5 Å². The van der Waals surface area contributed by atoms with E-state index in [0.29, 0.717) is 23.6 Å². The van der Waals surface area contributed by atoms with Crippen molar-refractivity contribution >= 4 is 11.6 Å². The van der Waals surface area contributed by atoms with Gasteiger partial charge in [-0.2, -0.15) is 0 Å². The molecule has 2 aromatic carbocycles. The summed E-state index contributed by atoms with van der Waals surface area (Å²) in [6, 6.07) is 13.1. The number of carbonyl (C=O) groups excluding carboxylic acids is 1. The maximum absolute atomic E-state index is 12.0. The summed E-state index contributed by atoms with van der Waals surface area (Å²) in [5, 5.41) is 11.9. The first-order valence-electron chi connectivity index (χ1n) is 6.13. The Morgan fingerprint density at radius 2 is 1.80 bits per heavy atom. The van der Waals surface area contributed by atoms with Gasteiger partial charge in [-0.25, -0.2) is 0 Å². The summed E-state index contributed by atoms with van der Waals surface area (Å²) in [5.41, 5.74) is 1.16. The molecule has 2 rings (SSSR count). The first-order chi connectivity index (χ1) is 9.69. The summed E-state index contributed by atoms with van der Waals surface area (Å²) in [6.45, 7) is 4.00. The molecule has 0 heterocycles. The average molecular weight is 269 g/mol. The van der Waals surface area contributed by atoms with Crippen LogP contribution in [0.25, 0.3) is 0 Å². The van der Waals surface area contributed by atoms with Gasteiger partial charge in [-0.15, -0.1) is 0 Å². The molecule has 0 radical (unpaired) electrons. The minimum Gasteiger partial charge on any atom is -0.508 e. The highest BCUT2D eigenvalue weighted by atomic mass is 16.5. The van der Waals surface area contributed by atoms with Crippen LogP contribution in [0.4, 0.5) is 5.69 Å². The van der Waals surface area contributed by atoms with Gasteiger partial charge < -0.3 is 15.2 Å². The summed E-state index contributed by atoms with van der Waals surface area (Å²) in [4.78, 5) is 12.0. The number of aromatic hydroxyl groups is 1. The van der Waals surface area contributed by atoms with Gasteiger partial charge in [0.25, 0.3) is 5.91 Å². The second kappa shape index (κ2) is 6.43. The van der Waals surface area contributed by atoms with Crippen LogP contribution < -0.4 is 10.1 Å². The second-order valence-electron chi connectivity index (χ2n) is 4.13. The maximum Gasteiger partial charge on any atom is 0.255 e. The van der Waals surface area contributed by atoms with Crippen LogP contribution in [0.1, 0.15) is 10.4 Å². The van der Waals surface area contributed by atoms with Crippen molar-refractivity contribution in [1.82, 2.24) is 0 Å².